The zero-order valence-corrected chi connectivity index (χ0v) is 20.9. The van der Waals surface area contributed by atoms with Gasteiger partial charge in [-0.05, 0) is 42.5 Å². The van der Waals surface area contributed by atoms with Crippen LogP contribution in [0.5, 0.6) is 5.75 Å². The van der Waals surface area contributed by atoms with Crippen LogP contribution in [-0.2, 0) is 9.53 Å². The molecule has 4 aromatic rings. The van der Waals surface area contributed by atoms with Crippen molar-refractivity contribution in [3.05, 3.63) is 77.8 Å². The van der Waals surface area contributed by atoms with Crippen molar-refractivity contribution in [3.8, 4) is 22.8 Å². The number of nitrogens with zero attached hydrogens (tertiary/aromatic N) is 4. The van der Waals surface area contributed by atoms with Crippen LogP contribution in [0.25, 0.3) is 17.1 Å². The smallest absolute Gasteiger partial charge is 0.234 e. The first-order valence-electron chi connectivity index (χ1n) is 11.4. The number of carbonyl (C=O) groups excluding carboxylic acids is 1. The Kier molecular flexibility index (Phi) is 7.41. The first-order chi connectivity index (χ1) is 17.6. The number of nitrogens with one attached hydrogen (secondary N) is 1. The molecular weight excluding hydrogens is 498 g/mol. The van der Waals surface area contributed by atoms with Gasteiger partial charge in [0.05, 0.1) is 35.2 Å². The number of rotatable bonds is 7. The van der Waals surface area contributed by atoms with Gasteiger partial charge in [0.15, 0.2) is 11.0 Å². The number of halogens is 1. The zero-order chi connectivity index (χ0) is 24.9. The van der Waals surface area contributed by atoms with Crippen molar-refractivity contribution >= 4 is 40.6 Å². The second-order valence-corrected chi connectivity index (χ2v) is 9.45. The molecule has 0 bridgehead atoms. The highest BCUT2D eigenvalue weighted by molar-refractivity contribution is 7.99. The van der Waals surface area contributed by atoms with Crippen LogP contribution in [0, 0.1) is 0 Å². The van der Waals surface area contributed by atoms with E-state index in [1.165, 1.54) is 11.8 Å². The maximum absolute atomic E-state index is 12.8. The average molecular weight is 522 g/mol. The molecule has 0 radical (unpaired) electrons. The van der Waals surface area contributed by atoms with E-state index in [1.54, 1.807) is 24.3 Å². The third-order valence-electron chi connectivity index (χ3n) is 5.71. The summed E-state index contributed by atoms with van der Waals surface area (Å²) in [5, 5.41) is 23.0. The van der Waals surface area contributed by atoms with Crippen LogP contribution in [0.15, 0.2) is 78.0 Å². The second kappa shape index (κ2) is 11.0. The van der Waals surface area contributed by atoms with Gasteiger partial charge in [-0.2, -0.15) is 0 Å². The van der Waals surface area contributed by atoms with Crippen molar-refractivity contribution < 1.29 is 14.6 Å². The van der Waals surface area contributed by atoms with Crippen LogP contribution in [0.3, 0.4) is 0 Å². The summed E-state index contributed by atoms with van der Waals surface area (Å²) in [5.41, 5.74) is 2.94. The quantitative estimate of drug-likeness (QED) is 0.335. The summed E-state index contributed by atoms with van der Waals surface area (Å²) < 4.78 is 7.24. The Balaban J connectivity index is 1.31. The zero-order valence-electron chi connectivity index (χ0n) is 19.3. The van der Waals surface area contributed by atoms with Gasteiger partial charge in [-0.25, -0.2) is 0 Å². The number of amides is 1. The SMILES string of the molecule is O=C(CSc1nnc(-c2ccccc2O)n1-c1ccccc1)Nc1ccc(N2CCOCC2)c(Cl)c1. The van der Waals surface area contributed by atoms with Crippen molar-refractivity contribution in [1.29, 1.82) is 0 Å². The van der Waals surface area contributed by atoms with Gasteiger partial charge in [-0.15, -0.1) is 10.2 Å². The first kappa shape index (κ1) is 24.2. The fourth-order valence-electron chi connectivity index (χ4n) is 3.98. The summed E-state index contributed by atoms with van der Waals surface area (Å²) in [7, 11) is 0. The molecule has 0 spiro atoms. The predicted octanol–water partition coefficient (Wildman–Crippen LogP) is 4.86. The highest BCUT2D eigenvalue weighted by Gasteiger charge is 2.20. The molecule has 1 amide bonds. The van der Waals surface area contributed by atoms with Gasteiger partial charge in [0.2, 0.25) is 5.91 Å². The van der Waals surface area contributed by atoms with Gasteiger partial charge in [-0.1, -0.05) is 53.7 Å². The molecule has 8 nitrogen and oxygen atoms in total. The van der Waals surface area contributed by atoms with Gasteiger partial charge in [0.25, 0.3) is 0 Å². The Morgan fingerprint density at radius 1 is 1.03 bits per heavy atom. The first-order valence-corrected chi connectivity index (χ1v) is 12.8. The number of para-hydroxylation sites is 2. The number of thioether (sulfide) groups is 1. The van der Waals surface area contributed by atoms with E-state index in [0.29, 0.717) is 40.5 Å². The largest absolute Gasteiger partial charge is 0.507 e. The molecule has 1 fully saturated rings. The molecule has 3 aromatic carbocycles. The van der Waals surface area contributed by atoms with Crippen molar-refractivity contribution in [1.82, 2.24) is 14.8 Å². The van der Waals surface area contributed by atoms with E-state index in [9.17, 15) is 9.90 Å². The average Bonchev–Trinajstić information content (AvgIpc) is 3.32. The molecule has 0 aliphatic carbocycles. The monoisotopic (exact) mass is 521 g/mol. The number of benzene rings is 3. The fraction of sp³-hybridized carbons (Fsp3) is 0.192. The van der Waals surface area contributed by atoms with Crippen LogP contribution >= 0.6 is 23.4 Å². The summed E-state index contributed by atoms with van der Waals surface area (Å²) in [6.07, 6.45) is 0. The summed E-state index contributed by atoms with van der Waals surface area (Å²) >= 11 is 7.76. The lowest BCUT2D eigenvalue weighted by molar-refractivity contribution is -0.113. The molecule has 1 aromatic heterocycles. The molecule has 1 aliphatic rings. The molecule has 0 saturated carbocycles. The number of phenolic OH excluding ortho intramolecular Hbond substituents is 1. The van der Waals surface area contributed by atoms with Gasteiger partial charge in [-0.3, -0.25) is 9.36 Å². The number of carbonyl (C=O) groups is 1. The van der Waals surface area contributed by atoms with Gasteiger partial charge >= 0.3 is 0 Å². The number of phenols is 1. The predicted molar refractivity (Wildman–Crippen MR) is 142 cm³/mol. The maximum Gasteiger partial charge on any atom is 0.234 e. The lowest BCUT2D eigenvalue weighted by atomic mass is 10.2. The van der Waals surface area contributed by atoms with E-state index in [2.05, 4.69) is 20.4 Å². The van der Waals surface area contributed by atoms with E-state index in [4.69, 9.17) is 16.3 Å². The highest BCUT2D eigenvalue weighted by Crippen LogP contribution is 2.33. The third kappa shape index (κ3) is 5.33. The number of anilines is 2. The Morgan fingerprint density at radius 2 is 1.78 bits per heavy atom. The van der Waals surface area contributed by atoms with Crippen LogP contribution in [-0.4, -0.2) is 57.8 Å². The van der Waals surface area contributed by atoms with E-state index in [-0.39, 0.29) is 17.4 Å². The fourth-order valence-corrected chi connectivity index (χ4v) is 5.03. The van der Waals surface area contributed by atoms with Crippen LogP contribution in [0.1, 0.15) is 0 Å². The molecule has 184 valence electrons. The van der Waals surface area contributed by atoms with E-state index in [1.807, 2.05) is 53.1 Å². The van der Waals surface area contributed by atoms with E-state index < -0.39 is 0 Å². The number of morpholine rings is 1. The minimum atomic E-state index is -0.193. The molecular formula is C26H24ClN5O3S. The molecule has 10 heteroatoms. The molecule has 0 atom stereocenters. The van der Waals surface area contributed by atoms with Gasteiger partial charge < -0.3 is 20.1 Å². The molecule has 2 N–H and O–H groups in total. The Hall–Kier alpha value is -3.53. The number of ether oxygens (including phenoxy) is 1. The minimum Gasteiger partial charge on any atom is -0.507 e. The molecule has 0 unspecified atom stereocenters. The molecule has 1 saturated heterocycles. The number of hydrogen-bond acceptors (Lipinski definition) is 7. The standard InChI is InChI=1S/C26H24ClN5O3S/c27-21-16-18(10-11-22(21)31-12-14-35-15-13-31)28-24(34)17-36-26-30-29-25(20-8-4-5-9-23(20)33)32(26)19-6-2-1-3-7-19/h1-11,16,33H,12-15,17H2,(H,28,34). The van der Waals surface area contributed by atoms with Crippen LogP contribution in [0.4, 0.5) is 11.4 Å². The van der Waals surface area contributed by atoms with Crippen molar-refractivity contribution in [2.24, 2.45) is 0 Å². The Morgan fingerprint density at radius 3 is 2.53 bits per heavy atom. The maximum atomic E-state index is 12.8. The molecule has 2 heterocycles. The second-order valence-electron chi connectivity index (χ2n) is 8.10. The molecule has 5 rings (SSSR count). The van der Waals surface area contributed by atoms with Crippen LogP contribution < -0.4 is 10.2 Å². The summed E-state index contributed by atoms with van der Waals surface area (Å²) in [6, 6.07) is 22.1. The van der Waals surface area contributed by atoms with E-state index >= 15 is 0 Å². The Labute approximate surface area is 217 Å². The number of aromatic hydroxyl groups is 1. The van der Waals surface area contributed by atoms with Crippen molar-refractivity contribution in [2.75, 3.05) is 42.3 Å². The lowest BCUT2D eigenvalue weighted by Gasteiger charge is -2.29. The minimum absolute atomic E-state index is 0.105. The topological polar surface area (TPSA) is 92.5 Å². The van der Waals surface area contributed by atoms with E-state index in [0.717, 1.165) is 24.5 Å². The molecule has 36 heavy (non-hydrogen) atoms. The summed E-state index contributed by atoms with van der Waals surface area (Å²) in [6.45, 7) is 2.91. The van der Waals surface area contributed by atoms with Crippen LogP contribution in [0.2, 0.25) is 5.02 Å². The summed E-state index contributed by atoms with van der Waals surface area (Å²) in [4.78, 5) is 14.9. The summed E-state index contributed by atoms with van der Waals surface area (Å²) in [5.74, 6) is 0.526. The van der Waals surface area contributed by atoms with Gasteiger partial charge in [0.1, 0.15) is 5.75 Å². The molecule has 1 aliphatic heterocycles. The third-order valence-corrected chi connectivity index (χ3v) is 6.94. The van der Waals surface area contributed by atoms with Crippen molar-refractivity contribution in [3.63, 3.8) is 0 Å². The van der Waals surface area contributed by atoms with Crippen molar-refractivity contribution in [2.45, 2.75) is 5.16 Å². The lowest BCUT2D eigenvalue weighted by Crippen LogP contribution is -2.36. The highest BCUT2D eigenvalue weighted by atomic mass is 35.5. The normalized spacial score (nSPS) is 13.5. The number of hydrogen-bond donors (Lipinski definition) is 2. The number of aromatic nitrogens is 3. The van der Waals surface area contributed by atoms with Gasteiger partial charge in [0, 0.05) is 24.5 Å². The Bertz CT molecular complexity index is 1360.